The van der Waals surface area contributed by atoms with Crippen LogP contribution in [0.25, 0.3) is 10.9 Å². The molecule has 4 heterocycles. The Labute approximate surface area is 191 Å². The van der Waals surface area contributed by atoms with Crippen LogP contribution in [0.3, 0.4) is 0 Å². The number of benzene rings is 1. The highest BCUT2D eigenvalue weighted by Gasteiger charge is 2.23. The second-order valence-corrected chi connectivity index (χ2v) is 9.59. The third-order valence-electron chi connectivity index (χ3n) is 6.29. The molecule has 0 spiro atoms. The molecule has 0 saturated carbocycles. The fraction of sp³-hybridized carbons (Fsp3) is 0.417. The summed E-state index contributed by atoms with van der Waals surface area (Å²) in [6, 6.07) is 8.39. The Morgan fingerprint density at radius 3 is 3.06 bits per heavy atom. The summed E-state index contributed by atoms with van der Waals surface area (Å²) in [5.41, 5.74) is 3.55. The molecular formula is C24H28N6OS. The molecule has 1 aromatic carbocycles. The van der Waals surface area contributed by atoms with Gasteiger partial charge in [0.2, 0.25) is 0 Å². The number of anilines is 1. The highest BCUT2D eigenvalue weighted by molar-refractivity contribution is 7.17. The average molecular weight is 449 g/mol. The quantitative estimate of drug-likeness (QED) is 0.370. The van der Waals surface area contributed by atoms with Gasteiger partial charge in [-0.2, -0.15) is 0 Å². The molecule has 0 aliphatic carbocycles. The number of nitrogens with one attached hydrogen (secondary N) is 1. The number of hydrogen-bond donors (Lipinski definition) is 1. The van der Waals surface area contributed by atoms with Gasteiger partial charge < -0.3 is 9.88 Å². The number of carbonyl (C=O) groups is 1. The zero-order valence-electron chi connectivity index (χ0n) is 18.3. The smallest absolute Gasteiger partial charge is 0.186 e. The molecule has 8 heteroatoms. The Morgan fingerprint density at radius 1 is 1.25 bits per heavy atom. The van der Waals surface area contributed by atoms with Crippen LogP contribution in [0.4, 0.5) is 5.13 Å². The number of carbonyl (C=O) groups excluding carboxylic acids is 1. The van der Waals surface area contributed by atoms with Gasteiger partial charge >= 0.3 is 0 Å². The monoisotopic (exact) mass is 448 g/mol. The fourth-order valence-corrected chi connectivity index (χ4v) is 5.42. The van der Waals surface area contributed by atoms with Gasteiger partial charge in [-0.05, 0) is 30.4 Å². The third kappa shape index (κ3) is 4.32. The average Bonchev–Trinajstić information content (AvgIpc) is 3.56. The molecule has 1 aliphatic rings. The van der Waals surface area contributed by atoms with E-state index >= 15 is 0 Å². The van der Waals surface area contributed by atoms with Crippen LogP contribution >= 0.6 is 11.3 Å². The van der Waals surface area contributed by atoms with E-state index in [1.807, 2.05) is 4.68 Å². The van der Waals surface area contributed by atoms with E-state index in [1.165, 1.54) is 22.3 Å². The van der Waals surface area contributed by atoms with E-state index in [0.717, 1.165) is 66.5 Å². The van der Waals surface area contributed by atoms with Crippen molar-refractivity contribution in [1.29, 1.82) is 0 Å². The van der Waals surface area contributed by atoms with E-state index in [4.69, 9.17) is 0 Å². The minimum atomic E-state index is 0.207. The second-order valence-electron chi connectivity index (χ2n) is 8.58. The summed E-state index contributed by atoms with van der Waals surface area (Å²) < 4.78 is 1.93. The van der Waals surface area contributed by atoms with Crippen molar-refractivity contribution in [2.45, 2.75) is 52.1 Å². The lowest BCUT2D eigenvalue weighted by Gasteiger charge is -2.26. The Hall–Kier alpha value is -3.00. The van der Waals surface area contributed by atoms with Crippen LogP contribution in [0.2, 0.25) is 0 Å². The third-order valence-corrected chi connectivity index (χ3v) is 7.39. The van der Waals surface area contributed by atoms with E-state index < -0.39 is 0 Å². The van der Waals surface area contributed by atoms with E-state index in [1.54, 1.807) is 12.4 Å². The van der Waals surface area contributed by atoms with E-state index in [-0.39, 0.29) is 5.78 Å². The lowest BCUT2D eigenvalue weighted by atomic mass is 9.89. The molecule has 0 fully saturated rings. The second kappa shape index (κ2) is 9.24. The maximum atomic E-state index is 13.2. The molecule has 1 unspecified atom stereocenters. The summed E-state index contributed by atoms with van der Waals surface area (Å²) >= 11 is 1.51. The van der Waals surface area contributed by atoms with Crippen molar-refractivity contribution in [1.82, 2.24) is 25.0 Å². The Bertz CT molecular complexity index is 1210. The highest BCUT2D eigenvalue weighted by Crippen LogP contribution is 2.30. The molecule has 0 amide bonds. The summed E-state index contributed by atoms with van der Waals surface area (Å²) in [4.78, 5) is 24.1. The van der Waals surface area contributed by atoms with Crippen molar-refractivity contribution in [3.8, 4) is 0 Å². The number of hydrogen-bond acceptors (Lipinski definition) is 6. The highest BCUT2D eigenvalue weighted by atomic mass is 32.1. The maximum Gasteiger partial charge on any atom is 0.186 e. The first-order valence-electron chi connectivity index (χ1n) is 11.4. The molecule has 0 radical (unpaired) electrons. The topological polar surface area (TPSA) is 79.7 Å². The van der Waals surface area contributed by atoms with Gasteiger partial charge in [0, 0.05) is 30.1 Å². The molecular weight excluding hydrogens is 420 g/mol. The minimum Gasteiger partial charge on any atom is -0.361 e. The number of para-hydroxylation sites is 1. The van der Waals surface area contributed by atoms with Crippen molar-refractivity contribution in [2.75, 3.05) is 11.4 Å². The van der Waals surface area contributed by atoms with Crippen molar-refractivity contribution in [3.63, 3.8) is 0 Å². The molecule has 0 saturated heterocycles. The normalized spacial score (nSPS) is 14.6. The number of nitrogens with zero attached hydrogens (tertiary/aromatic N) is 5. The van der Waals surface area contributed by atoms with Gasteiger partial charge in [0.15, 0.2) is 10.9 Å². The van der Waals surface area contributed by atoms with Crippen molar-refractivity contribution in [3.05, 3.63) is 59.0 Å². The minimum absolute atomic E-state index is 0.207. The van der Waals surface area contributed by atoms with Crippen LogP contribution in [0.15, 0.2) is 42.9 Å². The van der Waals surface area contributed by atoms with Crippen molar-refractivity contribution >= 4 is 33.2 Å². The van der Waals surface area contributed by atoms with Crippen molar-refractivity contribution < 1.29 is 4.79 Å². The summed E-state index contributed by atoms with van der Waals surface area (Å²) in [5, 5.41) is 10.2. The number of H-pyrrole nitrogens is 1. The molecule has 4 aromatic rings. The zero-order chi connectivity index (χ0) is 21.9. The van der Waals surface area contributed by atoms with Gasteiger partial charge in [-0.3, -0.25) is 4.79 Å². The van der Waals surface area contributed by atoms with Gasteiger partial charge in [-0.25, -0.2) is 9.67 Å². The number of unbranched alkanes of at least 4 members (excludes halogenated alkanes) is 1. The summed E-state index contributed by atoms with van der Waals surface area (Å²) in [7, 11) is 0. The fourth-order valence-electron chi connectivity index (χ4n) is 4.53. The summed E-state index contributed by atoms with van der Waals surface area (Å²) in [5.74, 6) is 0.543. The maximum absolute atomic E-state index is 13.2. The van der Waals surface area contributed by atoms with Gasteiger partial charge in [0.1, 0.15) is 0 Å². The molecule has 1 atom stereocenters. The molecule has 32 heavy (non-hydrogen) atoms. The first-order chi connectivity index (χ1) is 15.7. The van der Waals surface area contributed by atoms with Gasteiger partial charge in [-0.15, -0.1) is 5.10 Å². The number of aromatic amines is 1. The van der Waals surface area contributed by atoms with Crippen LogP contribution in [0.1, 0.15) is 53.5 Å². The number of aromatic nitrogens is 5. The molecule has 5 rings (SSSR count). The Morgan fingerprint density at radius 2 is 2.16 bits per heavy atom. The number of rotatable bonds is 9. The van der Waals surface area contributed by atoms with Crippen LogP contribution in [0, 0.1) is 5.92 Å². The molecule has 0 bridgehead atoms. The first kappa shape index (κ1) is 20.9. The molecule has 166 valence electrons. The van der Waals surface area contributed by atoms with Crippen molar-refractivity contribution in [2.24, 2.45) is 5.92 Å². The van der Waals surface area contributed by atoms with Gasteiger partial charge in [-0.1, -0.05) is 54.5 Å². The predicted octanol–water partition coefficient (Wildman–Crippen LogP) is 4.86. The van der Waals surface area contributed by atoms with Gasteiger partial charge in [0.25, 0.3) is 0 Å². The van der Waals surface area contributed by atoms with E-state index in [2.05, 4.69) is 62.6 Å². The number of Topliss-reactive ketones (excluding diaryl/α,β-unsaturated/α-hetero) is 1. The summed E-state index contributed by atoms with van der Waals surface area (Å²) in [6.45, 7) is 4.56. The number of fused-ring (bicyclic) bond motifs is 2. The Balaban J connectivity index is 1.27. The zero-order valence-corrected chi connectivity index (χ0v) is 19.1. The van der Waals surface area contributed by atoms with Crippen LogP contribution < -0.4 is 4.90 Å². The largest absolute Gasteiger partial charge is 0.361 e. The molecule has 1 aliphatic heterocycles. The van der Waals surface area contributed by atoms with Crippen LogP contribution in [0.5, 0.6) is 0 Å². The number of ketones is 1. The van der Waals surface area contributed by atoms with Crippen LogP contribution in [-0.2, 0) is 19.5 Å². The van der Waals surface area contributed by atoms with Crippen LogP contribution in [-0.4, -0.2) is 37.3 Å². The number of thiazole rings is 1. The molecule has 7 nitrogen and oxygen atoms in total. The van der Waals surface area contributed by atoms with E-state index in [9.17, 15) is 4.79 Å². The molecule has 1 N–H and O–H groups in total. The lowest BCUT2D eigenvalue weighted by molar-refractivity contribution is 0.0962. The Kier molecular flexibility index (Phi) is 6.03. The standard InChI is InChI=1S/C24H28N6OS/c1-2-3-6-17(11-18-13-25-21-8-5-4-7-20(18)21)12-22(31)23-15-26-24(32-23)29-9-10-30-19(16-29)14-27-28-30/h4-5,7-8,13-15,17,25H,2-3,6,9-12,16H2,1H3. The van der Waals surface area contributed by atoms with E-state index in [0.29, 0.717) is 12.3 Å². The summed E-state index contributed by atoms with van der Waals surface area (Å²) in [6.07, 6.45) is 10.5. The first-order valence-corrected chi connectivity index (χ1v) is 12.2. The predicted molar refractivity (Wildman–Crippen MR) is 127 cm³/mol. The lowest BCUT2D eigenvalue weighted by Crippen LogP contribution is -2.33. The molecule has 3 aromatic heterocycles. The van der Waals surface area contributed by atoms with Gasteiger partial charge in [0.05, 0.1) is 36.1 Å². The SMILES string of the molecule is CCCCC(CC(=O)c1cnc(N2CCn3nncc3C2)s1)Cc1c[nH]c2ccccc12.